The molecule has 1 aliphatic heterocycles. The van der Waals surface area contributed by atoms with Gasteiger partial charge in [-0.3, -0.25) is 4.79 Å². The number of benzene rings is 2. The first-order valence-corrected chi connectivity index (χ1v) is 10.7. The number of aryl methyl sites for hydroxylation is 1. The number of sulfonamides is 1. The van der Waals surface area contributed by atoms with E-state index in [9.17, 15) is 13.2 Å². The minimum Gasteiger partial charge on any atom is -0.333 e. The summed E-state index contributed by atoms with van der Waals surface area (Å²) in [6.45, 7) is 4.63. The molecular weight excluding hydrogens is 416 g/mol. The quantitative estimate of drug-likeness (QED) is 0.741. The Morgan fingerprint density at radius 2 is 1.81 bits per heavy atom. The number of rotatable bonds is 3. The van der Waals surface area contributed by atoms with Gasteiger partial charge in [0.05, 0.1) is 4.90 Å². The minimum absolute atomic E-state index is 0.0602. The van der Waals surface area contributed by atoms with Crippen molar-refractivity contribution in [1.82, 2.24) is 9.21 Å². The van der Waals surface area contributed by atoms with Crippen molar-refractivity contribution >= 4 is 31.9 Å². The van der Waals surface area contributed by atoms with Crippen molar-refractivity contribution in [2.24, 2.45) is 0 Å². The molecule has 0 aromatic heterocycles. The molecule has 1 atom stereocenters. The fourth-order valence-corrected chi connectivity index (χ4v) is 5.43. The summed E-state index contributed by atoms with van der Waals surface area (Å²) in [5.74, 6) is -0.0602. The van der Waals surface area contributed by atoms with E-state index in [2.05, 4.69) is 15.9 Å². The van der Waals surface area contributed by atoms with Gasteiger partial charge in [-0.2, -0.15) is 4.31 Å². The maximum Gasteiger partial charge on any atom is 0.254 e. The third-order valence-corrected chi connectivity index (χ3v) is 7.15. The molecule has 1 fully saturated rings. The molecule has 0 bridgehead atoms. The summed E-state index contributed by atoms with van der Waals surface area (Å²) in [5.41, 5.74) is 1.33. The lowest BCUT2D eigenvalue weighted by Crippen LogP contribution is -2.55. The highest BCUT2D eigenvalue weighted by Crippen LogP contribution is 2.25. The Hall–Kier alpha value is -1.70. The van der Waals surface area contributed by atoms with E-state index < -0.39 is 10.0 Å². The van der Waals surface area contributed by atoms with Crippen molar-refractivity contribution in [2.45, 2.75) is 24.8 Å². The van der Waals surface area contributed by atoms with Crippen molar-refractivity contribution in [1.29, 1.82) is 0 Å². The van der Waals surface area contributed by atoms with Crippen LogP contribution in [0.1, 0.15) is 22.8 Å². The zero-order chi connectivity index (χ0) is 18.9. The summed E-state index contributed by atoms with van der Waals surface area (Å²) in [4.78, 5) is 14.7. The van der Waals surface area contributed by atoms with E-state index in [1.807, 2.05) is 25.1 Å². The number of hydrogen-bond donors (Lipinski definition) is 0. The summed E-state index contributed by atoms with van der Waals surface area (Å²) >= 11 is 3.36. The molecule has 2 aromatic rings. The predicted octanol–water partition coefficient (Wildman–Crippen LogP) is 3.29. The topological polar surface area (TPSA) is 57.7 Å². The number of carbonyl (C=O) groups is 1. The van der Waals surface area contributed by atoms with E-state index in [1.165, 1.54) is 4.31 Å². The summed E-state index contributed by atoms with van der Waals surface area (Å²) in [7, 11) is -3.58. The summed E-state index contributed by atoms with van der Waals surface area (Å²) in [6.07, 6.45) is 0. The van der Waals surface area contributed by atoms with Crippen molar-refractivity contribution in [3.8, 4) is 0 Å². The third kappa shape index (κ3) is 3.70. The molecule has 0 saturated carbocycles. The molecule has 138 valence electrons. The Morgan fingerprint density at radius 1 is 1.12 bits per heavy atom. The van der Waals surface area contributed by atoms with Gasteiger partial charge in [-0.15, -0.1) is 0 Å². The molecule has 1 aliphatic rings. The number of halogens is 1. The number of nitrogens with zero attached hydrogens (tertiary/aromatic N) is 2. The smallest absolute Gasteiger partial charge is 0.254 e. The molecule has 1 amide bonds. The largest absolute Gasteiger partial charge is 0.333 e. The van der Waals surface area contributed by atoms with Crippen LogP contribution in [0.5, 0.6) is 0 Å². The van der Waals surface area contributed by atoms with Gasteiger partial charge < -0.3 is 4.90 Å². The number of piperazine rings is 1. The molecule has 0 unspecified atom stereocenters. The highest BCUT2D eigenvalue weighted by molar-refractivity contribution is 9.10. The molecule has 0 aliphatic carbocycles. The van der Waals surface area contributed by atoms with Gasteiger partial charge in [-0.1, -0.05) is 34.1 Å². The second-order valence-corrected chi connectivity index (χ2v) is 9.31. The lowest BCUT2D eigenvalue weighted by Gasteiger charge is -2.39. The standard InChI is InChI=1S/C19H21BrN2O3S/c1-14-12-17(20)8-9-18(14)26(24,25)21-10-11-22(15(2)13-21)19(23)16-6-4-3-5-7-16/h3-9,12,15H,10-11,13H2,1-2H3/t15-/m0/s1. The van der Waals surface area contributed by atoms with Crippen LogP contribution in [-0.2, 0) is 10.0 Å². The van der Waals surface area contributed by atoms with Crippen LogP contribution in [0.4, 0.5) is 0 Å². The first-order valence-electron chi connectivity index (χ1n) is 8.43. The van der Waals surface area contributed by atoms with E-state index in [0.29, 0.717) is 29.1 Å². The summed E-state index contributed by atoms with van der Waals surface area (Å²) in [5, 5.41) is 0. The van der Waals surface area contributed by atoms with E-state index in [1.54, 1.807) is 42.2 Å². The highest BCUT2D eigenvalue weighted by Gasteiger charge is 2.35. The van der Waals surface area contributed by atoms with Gasteiger partial charge in [-0.25, -0.2) is 8.42 Å². The maximum absolute atomic E-state index is 13.0. The maximum atomic E-state index is 13.0. The van der Waals surface area contributed by atoms with E-state index in [0.717, 1.165) is 4.47 Å². The number of amides is 1. The van der Waals surface area contributed by atoms with Gasteiger partial charge in [0, 0.05) is 35.7 Å². The summed E-state index contributed by atoms with van der Waals surface area (Å²) in [6, 6.07) is 14.1. The Labute approximate surface area is 162 Å². The monoisotopic (exact) mass is 436 g/mol. The molecule has 5 nitrogen and oxygen atoms in total. The van der Waals surface area contributed by atoms with Crippen LogP contribution in [0.25, 0.3) is 0 Å². The van der Waals surface area contributed by atoms with Gasteiger partial charge in [0.15, 0.2) is 0 Å². The van der Waals surface area contributed by atoms with Crippen LogP contribution < -0.4 is 0 Å². The van der Waals surface area contributed by atoms with Crippen LogP contribution in [-0.4, -0.2) is 49.2 Å². The SMILES string of the molecule is Cc1cc(Br)ccc1S(=O)(=O)N1CCN(C(=O)c2ccccc2)[C@@H](C)C1. The van der Waals surface area contributed by atoms with Crippen molar-refractivity contribution in [3.05, 3.63) is 64.1 Å². The number of carbonyl (C=O) groups excluding carboxylic acids is 1. The Kier molecular flexibility index (Phi) is 5.50. The molecule has 1 saturated heterocycles. The van der Waals surface area contributed by atoms with Crippen LogP contribution in [0.15, 0.2) is 57.9 Å². The third-order valence-electron chi connectivity index (χ3n) is 4.63. The molecule has 0 spiro atoms. The highest BCUT2D eigenvalue weighted by atomic mass is 79.9. The van der Waals surface area contributed by atoms with Crippen molar-refractivity contribution in [2.75, 3.05) is 19.6 Å². The van der Waals surface area contributed by atoms with E-state index in [-0.39, 0.29) is 18.5 Å². The van der Waals surface area contributed by atoms with E-state index in [4.69, 9.17) is 0 Å². The minimum atomic E-state index is -3.58. The second kappa shape index (κ2) is 7.50. The van der Waals surface area contributed by atoms with Crippen molar-refractivity contribution in [3.63, 3.8) is 0 Å². The molecule has 26 heavy (non-hydrogen) atoms. The molecule has 0 radical (unpaired) electrons. The van der Waals surface area contributed by atoms with Crippen LogP contribution in [0.3, 0.4) is 0 Å². The fourth-order valence-electron chi connectivity index (χ4n) is 3.23. The van der Waals surface area contributed by atoms with Crippen LogP contribution >= 0.6 is 15.9 Å². The van der Waals surface area contributed by atoms with Gasteiger partial charge in [0.1, 0.15) is 0 Å². The van der Waals surface area contributed by atoms with Gasteiger partial charge in [0.25, 0.3) is 5.91 Å². The Bertz CT molecular complexity index is 916. The molecule has 3 rings (SSSR count). The Morgan fingerprint density at radius 3 is 2.42 bits per heavy atom. The zero-order valence-corrected chi connectivity index (χ0v) is 17.1. The zero-order valence-electron chi connectivity index (χ0n) is 14.7. The molecular formula is C19H21BrN2O3S. The first-order chi connectivity index (χ1) is 12.3. The molecule has 0 N–H and O–H groups in total. The van der Waals surface area contributed by atoms with E-state index >= 15 is 0 Å². The molecule has 2 aromatic carbocycles. The van der Waals surface area contributed by atoms with Gasteiger partial charge in [-0.05, 0) is 49.7 Å². The lowest BCUT2D eigenvalue weighted by molar-refractivity contribution is 0.0591. The van der Waals surface area contributed by atoms with Crippen LogP contribution in [0, 0.1) is 6.92 Å². The second-order valence-electron chi connectivity index (χ2n) is 6.49. The average molecular weight is 437 g/mol. The number of hydrogen-bond acceptors (Lipinski definition) is 3. The molecule has 7 heteroatoms. The average Bonchev–Trinajstić information content (AvgIpc) is 2.61. The van der Waals surface area contributed by atoms with Gasteiger partial charge in [0.2, 0.25) is 10.0 Å². The Balaban J connectivity index is 1.79. The molecule has 1 heterocycles. The fraction of sp³-hybridized carbons (Fsp3) is 0.316. The first kappa shape index (κ1) is 19.1. The lowest BCUT2D eigenvalue weighted by atomic mass is 10.1. The van der Waals surface area contributed by atoms with Gasteiger partial charge >= 0.3 is 0 Å². The summed E-state index contributed by atoms with van der Waals surface area (Å²) < 4.78 is 28.4. The van der Waals surface area contributed by atoms with Crippen molar-refractivity contribution < 1.29 is 13.2 Å². The predicted molar refractivity (Wildman–Crippen MR) is 105 cm³/mol. The van der Waals surface area contributed by atoms with Crippen LogP contribution in [0.2, 0.25) is 0 Å². The normalized spacial score (nSPS) is 18.7.